The first-order valence-corrected chi connectivity index (χ1v) is 11.4. The molecule has 1 aliphatic heterocycles. The fourth-order valence-electron chi connectivity index (χ4n) is 4.42. The van der Waals surface area contributed by atoms with Crippen LogP contribution < -0.4 is 10.2 Å². The van der Waals surface area contributed by atoms with E-state index in [9.17, 15) is 9.18 Å². The van der Waals surface area contributed by atoms with Crippen molar-refractivity contribution in [1.29, 1.82) is 5.26 Å². The molecule has 1 saturated heterocycles. The van der Waals surface area contributed by atoms with Gasteiger partial charge in [0.1, 0.15) is 11.5 Å². The summed E-state index contributed by atoms with van der Waals surface area (Å²) in [6.07, 6.45) is 0. The monoisotopic (exact) mass is 466 g/mol. The molecule has 0 aliphatic carbocycles. The largest absolute Gasteiger partial charge is 0.351 e. The third-order valence-corrected chi connectivity index (χ3v) is 6.24. The fraction of sp³-hybridized carbons (Fsp3) is 0.185. The predicted octanol–water partition coefficient (Wildman–Crippen LogP) is 5.05. The first kappa shape index (κ1) is 22.3. The Labute approximate surface area is 202 Å². The minimum Gasteiger partial charge on any atom is -0.351 e. The summed E-state index contributed by atoms with van der Waals surface area (Å²) >= 11 is 0. The van der Waals surface area contributed by atoms with Crippen molar-refractivity contribution in [1.82, 2.24) is 15.1 Å². The molecule has 8 heteroatoms. The molecule has 1 aliphatic rings. The quantitative estimate of drug-likeness (QED) is 0.457. The molecule has 3 aromatic carbocycles. The van der Waals surface area contributed by atoms with Crippen LogP contribution in [0, 0.1) is 17.1 Å². The van der Waals surface area contributed by atoms with Gasteiger partial charge >= 0.3 is 6.03 Å². The van der Waals surface area contributed by atoms with Gasteiger partial charge in [0.15, 0.2) is 5.82 Å². The molecule has 1 N–H and O–H groups in total. The van der Waals surface area contributed by atoms with E-state index in [0.717, 1.165) is 27.8 Å². The van der Waals surface area contributed by atoms with Crippen molar-refractivity contribution in [3.8, 4) is 17.3 Å². The van der Waals surface area contributed by atoms with Gasteiger partial charge in [-0.1, -0.05) is 36.4 Å². The number of hydrogen-bond donors (Lipinski definition) is 1. The Bertz CT molecular complexity index is 1410. The van der Waals surface area contributed by atoms with Crippen LogP contribution in [0.5, 0.6) is 0 Å². The molecule has 0 saturated carbocycles. The second-order valence-corrected chi connectivity index (χ2v) is 8.53. The third kappa shape index (κ3) is 4.49. The fourth-order valence-corrected chi connectivity index (χ4v) is 4.42. The van der Waals surface area contributed by atoms with Crippen LogP contribution in [0.15, 0.2) is 72.8 Å². The van der Waals surface area contributed by atoms with E-state index in [-0.39, 0.29) is 17.9 Å². The Morgan fingerprint density at radius 3 is 2.40 bits per heavy atom. The minimum atomic E-state index is -0.344. The number of piperazine rings is 1. The standard InChI is InChI=1S/C27H23FN6O/c1-18-17-33(14-15-34(18)27(35)30-22-12-10-21(28)11-13-22)26-24-5-3-2-4-23(24)25(31-32-26)20-8-6-19(16-29)7-9-20/h2-13,18H,14-15,17H2,1H3,(H,30,35)/t18-/m0/s1. The predicted molar refractivity (Wildman–Crippen MR) is 133 cm³/mol. The number of benzene rings is 3. The van der Waals surface area contributed by atoms with Gasteiger partial charge in [0.05, 0.1) is 11.6 Å². The molecule has 1 fully saturated rings. The van der Waals surface area contributed by atoms with E-state index in [1.54, 1.807) is 29.2 Å². The van der Waals surface area contributed by atoms with E-state index in [1.165, 1.54) is 12.1 Å². The average molecular weight is 467 g/mol. The van der Waals surface area contributed by atoms with Crippen LogP contribution in [-0.2, 0) is 0 Å². The molecule has 0 unspecified atom stereocenters. The molecule has 174 valence electrons. The highest BCUT2D eigenvalue weighted by Gasteiger charge is 2.29. The number of anilines is 2. The van der Waals surface area contributed by atoms with Crippen molar-refractivity contribution in [2.24, 2.45) is 0 Å². The van der Waals surface area contributed by atoms with E-state index < -0.39 is 0 Å². The second-order valence-electron chi connectivity index (χ2n) is 8.53. The van der Waals surface area contributed by atoms with Crippen LogP contribution in [0.3, 0.4) is 0 Å². The lowest BCUT2D eigenvalue weighted by atomic mass is 10.0. The van der Waals surface area contributed by atoms with Crippen LogP contribution in [0.25, 0.3) is 22.0 Å². The molecule has 35 heavy (non-hydrogen) atoms. The molecule has 0 radical (unpaired) electrons. The summed E-state index contributed by atoms with van der Waals surface area (Å²) in [4.78, 5) is 16.8. The number of halogens is 1. The van der Waals surface area contributed by atoms with Crippen LogP contribution in [0.2, 0.25) is 0 Å². The lowest BCUT2D eigenvalue weighted by Crippen LogP contribution is -2.55. The van der Waals surface area contributed by atoms with Crippen LogP contribution in [0.4, 0.5) is 20.7 Å². The molecule has 5 rings (SSSR count). The Morgan fingerprint density at radius 2 is 1.71 bits per heavy atom. The zero-order valence-corrected chi connectivity index (χ0v) is 19.1. The summed E-state index contributed by atoms with van der Waals surface area (Å²) in [7, 11) is 0. The highest BCUT2D eigenvalue weighted by atomic mass is 19.1. The number of rotatable bonds is 3. The zero-order valence-electron chi connectivity index (χ0n) is 19.1. The number of carbonyl (C=O) groups is 1. The summed E-state index contributed by atoms with van der Waals surface area (Å²) in [5.41, 5.74) is 2.81. The molecule has 0 bridgehead atoms. The van der Waals surface area contributed by atoms with Gasteiger partial charge in [-0.05, 0) is 43.3 Å². The number of amides is 2. The highest BCUT2D eigenvalue weighted by molar-refractivity contribution is 6.00. The number of nitrogens with zero attached hydrogens (tertiary/aromatic N) is 5. The Balaban J connectivity index is 1.37. The van der Waals surface area contributed by atoms with Gasteiger partial charge in [-0.15, -0.1) is 10.2 Å². The SMILES string of the molecule is C[C@H]1CN(c2nnc(-c3ccc(C#N)cc3)c3ccccc23)CCN1C(=O)Nc1ccc(F)cc1. The molecule has 7 nitrogen and oxygen atoms in total. The number of hydrogen-bond acceptors (Lipinski definition) is 5. The van der Waals surface area contributed by atoms with E-state index in [4.69, 9.17) is 5.26 Å². The summed E-state index contributed by atoms with van der Waals surface area (Å²) in [6, 6.07) is 22.9. The Morgan fingerprint density at radius 1 is 1.00 bits per heavy atom. The van der Waals surface area contributed by atoms with Gasteiger partial charge < -0.3 is 15.1 Å². The average Bonchev–Trinajstić information content (AvgIpc) is 2.89. The number of urea groups is 1. The van der Waals surface area contributed by atoms with Gasteiger partial charge in [0.2, 0.25) is 0 Å². The Kier molecular flexibility index (Phi) is 5.98. The summed E-state index contributed by atoms with van der Waals surface area (Å²) in [5, 5.41) is 23.0. The lowest BCUT2D eigenvalue weighted by Gasteiger charge is -2.40. The van der Waals surface area contributed by atoms with Gasteiger partial charge in [-0.3, -0.25) is 0 Å². The lowest BCUT2D eigenvalue weighted by molar-refractivity contribution is 0.184. The topological polar surface area (TPSA) is 85.2 Å². The molecule has 0 spiro atoms. The van der Waals surface area contributed by atoms with E-state index in [2.05, 4.69) is 26.5 Å². The van der Waals surface area contributed by atoms with Crippen molar-refractivity contribution in [2.75, 3.05) is 29.9 Å². The molecule has 2 heterocycles. The van der Waals surface area contributed by atoms with Crippen LogP contribution in [0.1, 0.15) is 12.5 Å². The first-order chi connectivity index (χ1) is 17.0. The minimum absolute atomic E-state index is 0.0667. The third-order valence-electron chi connectivity index (χ3n) is 6.24. The molecule has 2 amide bonds. The molecule has 4 aromatic rings. The van der Waals surface area contributed by atoms with E-state index in [0.29, 0.717) is 30.9 Å². The second kappa shape index (κ2) is 9.39. The number of carbonyl (C=O) groups excluding carboxylic acids is 1. The van der Waals surface area contributed by atoms with E-state index >= 15 is 0 Å². The van der Waals surface area contributed by atoms with Crippen molar-refractivity contribution in [3.63, 3.8) is 0 Å². The van der Waals surface area contributed by atoms with Crippen molar-refractivity contribution >= 4 is 28.3 Å². The Hall–Kier alpha value is -4.51. The van der Waals surface area contributed by atoms with Gasteiger partial charge in [-0.25, -0.2) is 9.18 Å². The molecule has 1 aromatic heterocycles. The van der Waals surface area contributed by atoms with Crippen molar-refractivity contribution in [3.05, 3.63) is 84.2 Å². The van der Waals surface area contributed by atoms with Gasteiger partial charge in [0, 0.05) is 47.7 Å². The maximum atomic E-state index is 13.2. The number of fused-ring (bicyclic) bond motifs is 1. The molecular weight excluding hydrogens is 443 g/mol. The number of nitriles is 1. The van der Waals surface area contributed by atoms with E-state index in [1.807, 2.05) is 43.3 Å². The summed E-state index contributed by atoms with van der Waals surface area (Å²) < 4.78 is 13.2. The number of aromatic nitrogens is 2. The van der Waals surface area contributed by atoms with Crippen molar-refractivity contribution < 1.29 is 9.18 Å². The van der Waals surface area contributed by atoms with Crippen LogP contribution in [-0.4, -0.2) is 46.8 Å². The highest BCUT2D eigenvalue weighted by Crippen LogP contribution is 2.32. The normalized spacial score (nSPS) is 15.6. The maximum absolute atomic E-state index is 13.2. The summed E-state index contributed by atoms with van der Waals surface area (Å²) in [5.74, 6) is 0.437. The van der Waals surface area contributed by atoms with Gasteiger partial charge in [0.25, 0.3) is 0 Å². The number of nitrogens with one attached hydrogen (secondary N) is 1. The molecular formula is C27H23FN6O. The van der Waals surface area contributed by atoms with Crippen LogP contribution >= 0.6 is 0 Å². The van der Waals surface area contributed by atoms with Crippen molar-refractivity contribution in [2.45, 2.75) is 13.0 Å². The molecule has 1 atom stereocenters. The zero-order chi connectivity index (χ0) is 24.4. The first-order valence-electron chi connectivity index (χ1n) is 11.4. The van der Waals surface area contributed by atoms with Gasteiger partial charge in [-0.2, -0.15) is 5.26 Å². The smallest absolute Gasteiger partial charge is 0.322 e. The summed E-state index contributed by atoms with van der Waals surface area (Å²) in [6.45, 7) is 3.72. The maximum Gasteiger partial charge on any atom is 0.322 e.